The van der Waals surface area contributed by atoms with Gasteiger partial charge in [-0.15, -0.1) is 0 Å². The summed E-state index contributed by atoms with van der Waals surface area (Å²) in [6.45, 7) is 3.55. The number of likely N-dealkylation sites (tertiary alicyclic amines) is 1. The van der Waals surface area contributed by atoms with Crippen LogP contribution < -0.4 is 5.32 Å². The second-order valence-corrected chi connectivity index (χ2v) is 9.52. The molecule has 176 valence electrons. The fourth-order valence-electron chi connectivity index (χ4n) is 5.25. The van der Waals surface area contributed by atoms with Crippen LogP contribution in [-0.4, -0.2) is 44.1 Å². The van der Waals surface area contributed by atoms with E-state index in [4.69, 9.17) is 11.6 Å². The molecular weight excluding hydrogens is 459 g/mol. The van der Waals surface area contributed by atoms with Crippen molar-refractivity contribution in [3.05, 3.63) is 64.8 Å². The summed E-state index contributed by atoms with van der Waals surface area (Å²) in [6.07, 6.45) is 5.49. The zero-order valence-corrected chi connectivity index (χ0v) is 19.6. The Balaban J connectivity index is 1.35. The number of aromatic nitrogens is 2. The number of Topliss-reactive ketones (excluding diaryl/α,β-unsaturated/α-hetero) is 1. The van der Waals surface area contributed by atoms with Gasteiger partial charge in [-0.05, 0) is 37.3 Å². The number of rotatable bonds is 6. The number of carbonyl (C=O) groups excluding carboxylic acids is 3. The zero-order chi connectivity index (χ0) is 24.1. The van der Waals surface area contributed by atoms with Gasteiger partial charge >= 0.3 is 0 Å². The number of hydrogen-bond donors (Lipinski definition) is 1. The average Bonchev–Trinajstić information content (AvgIpc) is 3.15. The molecule has 1 aromatic carbocycles. The van der Waals surface area contributed by atoms with Crippen LogP contribution in [0.3, 0.4) is 0 Å². The number of benzene rings is 1. The van der Waals surface area contributed by atoms with E-state index < -0.39 is 11.9 Å². The number of halogens is 2. The summed E-state index contributed by atoms with van der Waals surface area (Å²) in [6, 6.07) is 5.79. The predicted octanol–water partition coefficient (Wildman–Crippen LogP) is 3.58. The quantitative estimate of drug-likeness (QED) is 0.544. The highest BCUT2D eigenvalue weighted by Crippen LogP contribution is 2.53. The number of pyridine rings is 1. The van der Waals surface area contributed by atoms with E-state index >= 15 is 0 Å². The number of nitrogens with one attached hydrogen (secondary N) is 1. The Bertz CT molecular complexity index is 1320. The molecule has 1 N–H and O–H groups in total. The lowest BCUT2D eigenvalue weighted by Crippen LogP contribution is -2.49. The normalized spacial score (nSPS) is 23.1. The molecule has 2 amide bonds. The van der Waals surface area contributed by atoms with E-state index in [1.807, 2.05) is 0 Å². The molecule has 3 aromatic rings. The van der Waals surface area contributed by atoms with Crippen molar-refractivity contribution in [3.8, 4) is 0 Å². The zero-order valence-electron chi connectivity index (χ0n) is 18.8. The first-order chi connectivity index (χ1) is 16.3. The van der Waals surface area contributed by atoms with E-state index in [1.165, 1.54) is 13.0 Å². The van der Waals surface area contributed by atoms with Gasteiger partial charge in [-0.1, -0.05) is 30.7 Å². The predicted molar refractivity (Wildman–Crippen MR) is 125 cm³/mol. The first-order valence-electron chi connectivity index (χ1n) is 11.2. The minimum absolute atomic E-state index is 0.00187. The molecule has 2 fully saturated rings. The van der Waals surface area contributed by atoms with Crippen molar-refractivity contribution >= 4 is 40.1 Å². The summed E-state index contributed by atoms with van der Waals surface area (Å²) < 4.78 is 15.9. The summed E-state index contributed by atoms with van der Waals surface area (Å²) >= 11 is 5.83. The maximum Gasteiger partial charge on any atom is 0.243 e. The van der Waals surface area contributed by atoms with Gasteiger partial charge in [0.25, 0.3) is 0 Å². The van der Waals surface area contributed by atoms with Gasteiger partial charge in [-0.25, -0.2) is 4.39 Å². The van der Waals surface area contributed by atoms with Crippen molar-refractivity contribution < 1.29 is 18.8 Å². The van der Waals surface area contributed by atoms with Gasteiger partial charge in [0.2, 0.25) is 11.8 Å². The Labute approximate surface area is 200 Å². The Morgan fingerprint density at radius 2 is 2.06 bits per heavy atom. The third-order valence-electron chi connectivity index (χ3n) is 7.11. The SMILES string of the molecule is CC(=O)c1cn(CC(=O)N2[C@@H]3[C@H](C)[C@@H]3C[C@H]2C(=O)NCc2cccc(Cl)c2F)c2cnccc12. The molecule has 1 saturated carbocycles. The van der Waals surface area contributed by atoms with Crippen LogP contribution in [0.2, 0.25) is 5.02 Å². The topological polar surface area (TPSA) is 84.3 Å². The van der Waals surface area contributed by atoms with Crippen molar-refractivity contribution in [3.63, 3.8) is 0 Å². The van der Waals surface area contributed by atoms with Gasteiger partial charge in [0, 0.05) is 41.5 Å². The summed E-state index contributed by atoms with van der Waals surface area (Å²) in [4.78, 5) is 44.4. The van der Waals surface area contributed by atoms with Crippen molar-refractivity contribution in [2.24, 2.45) is 11.8 Å². The monoisotopic (exact) mass is 482 g/mol. The summed E-state index contributed by atoms with van der Waals surface area (Å²) in [5.41, 5.74) is 1.51. The molecule has 5 rings (SSSR count). The summed E-state index contributed by atoms with van der Waals surface area (Å²) in [5, 5.41) is 3.51. The maximum absolute atomic E-state index is 14.2. The van der Waals surface area contributed by atoms with Gasteiger partial charge in [0.05, 0.1) is 16.7 Å². The van der Waals surface area contributed by atoms with Crippen LogP contribution in [0.1, 0.15) is 36.2 Å². The first-order valence-corrected chi connectivity index (χ1v) is 11.6. The number of ketones is 1. The van der Waals surface area contributed by atoms with E-state index in [0.717, 1.165) is 5.39 Å². The Kier molecular flexibility index (Phi) is 5.64. The van der Waals surface area contributed by atoms with Gasteiger partial charge in [-0.3, -0.25) is 19.4 Å². The average molecular weight is 483 g/mol. The second-order valence-electron chi connectivity index (χ2n) is 9.12. The van der Waals surface area contributed by atoms with E-state index in [1.54, 1.807) is 46.3 Å². The van der Waals surface area contributed by atoms with Crippen LogP contribution in [0.15, 0.2) is 42.9 Å². The smallest absolute Gasteiger partial charge is 0.243 e. The molecule has 7 nitrogen and oxygen atoms in total. The highest BCUT2D eigenvalue weighted by molar-refractivity contribution is 6.30. The molecule has 0 bridgehead atoms. The summed E-state index contributed by atoms with van der Waals surface area (Å²) in [7, 11) is 0. The van der Waals surface area contributed by atoms with Gasteiger partial charge in [-0.2, -0.15) is 0 Å². The van der Waals surface area contributed by atoms with E-state index in [-0.39, 0.29) is 47.7 Å². The molecule has 0 spiro atoms. The van der Waals surface area contributed by atoms with E-state index in [2.05, 4.69) is 17.2 Å². The fraction of sp³-hybridized carbons (Fsp3) is 0.360. The van der Waals surface area contributed by atoms with Crippen molar-refractivity contribution in [1.29, 1.82) is 0 Å². The van der Waals surface area contributed by atoms with Crippen molar-refractivity contribution in [1.82, 2.24) is 19.8 Å². The van der Waals surface area contributed by atoms with Crippen LogP contribution in [0.4, 0.5) is 4.39 Å². The molecular formula is C25H24ClFN4O3. The molecule has 34 heavy (non-hydrogen) atoms. The summed E-state index contributed by atoms with van der Waals surface area (Å²) in [5.74, 6) is -0.551. The number of fused-ring (bicyclic) bond motifs is 2. The van der Waals surface area contributed by atoms with Crippen LogP contribution in [-0.2, 0) is 22.7 Å². The Hall–Kier alpha value is -3.26. The molecule has 1 aliphatic heterocycles. The minimum Gasteiger partial charge on any atom is -0.350 e. The molecule has 2 aromatic heterocycles. The molecule has 1 aliphatic carbocycles. The maximum atomic E-state index is 14.2. The molecule has 9 heteroatoms. The lowest BCUT2D eigenvalue weighted by molar-refractivity contribution is -0.140. The number of amides is 2. The Morgan fingerprint density at radius 3 is 2.82 bits per heavy atom. The van der Waals surface area contributed by atoms with Crippen LogP contribution in [0.25, 0.3) is 10.9 Å². The number of piperidine rings is 1. The molecule has 0 radical (unpaired) electrons. The second kappa shape index (κ2) is 8.51. The largest absolute Gasteiger partial charge is 0.350 e. The molecule has 3 heterocycles. The third kappa shape index (κ3) is 3.76. The number of nitrogens with zero attached hydrogens (tertiary/aromatic N) is 3. The molecule has 1 saturated heterocycles. The van der Waals surface area contributed by atoms with Crippen LogP contribution in [0, 0.1) is 17.7 Å². The highest BCUT2D eigenvalue weighted by Gasteiger charge is 2.61. The fourth-order valence-corrected chi connectivity index (χ4v) is 5.44. The van der Waals surface area contributed by atoms with E-state index in [0.29, 0.717) is 29.0 Å². The molecule has 4 atom stereocenters. The number of carbonyl (C=O) groups is 3. The van der Waals surface area contributed by atoms with Crippen LogP contribution in [0.5, 0.6) is 0 Å². The van der Waals surface area contributed by atoms with Gasteiger partial charge < -0.3 is 14.8 Å². The standard InChI is InChI=1S/C25H24ClFN4O3/c1-13-17-8-20(25(34)29-9-15-4-3-5-19(26)23(15)27)31(24(13)17)22(33)12-30-11-18(14(2)32)16-6-7-28-10-21(16)30/h3-7,10-11,13,17,20,24H,8-9,12H2,1-2H3,(H,29,34)/t13-,17+,20+,24-/m1/s1. The number of hydrogen-bond acceptors (Lipinski definition) is 4. The minimum atomic E-state index is -0.617. The van der Waals surface area contributed by atoms with Gasteiger partial charge in [0.15, 0.2) is 5.78 Å². The Morgan fingerprint density at radius 1 is 1.26 bits per heavy atom. The molecule has 0 unspecified atom stereocenters. The van der Waals surface area contributed by atoms with Gasteiger partial charge in [0.1, 0.15) is 18.4 Å². The van der Waals surface area contributed by atoms with Crippen molar-refractivity contribution in [2.75, 3.05) is 0 Å². The van der Waals surface area contributed by atoms with Crippen molar-refractivity contribution in [2.45, 2.75) is 45.4 Å². The third-order valence-corrected chi connectivity index (χ3v) is 7.40. The van der Waals surface area contributed by atoms with E-state index in [9.17, 15) is 18.8 Å². The lowest BCUT2D eigenvalue weighted by Gasteiger charge is -2.28. The lowest BCUT2D eigenvalue weighted by atomic mass is 10.1. The first kappa shape index (κ1) is 22.5. The van der Waals surface area contributed by atoms with Crippen LogP contribution >= 0.6 is 11.6 Å². The molecule has 2 aliphatic rings. The highest BCUT2D eigenvalue weighted by atomic mass is 35.5.